The molecule has 1 aliphatic carbocycles. The van der Waals surface area contributed by atoms with E-state index in [4.69, 9.17) is 4.74 Å². The van der Waals surface area contributed by atoms with Crippen LogP contribution in [0.5, 0.6) is 17.2 Å². The first-order chi connectivity index (χ1) is 12.4. The lowest BCUT2D eigenvalue weighted by atomic mass is 9.97. The van der Waals surface area contributed by atoms with Gasteiger partial charge in [0.05, 0.1) is 4.92 Å². The molecule has 2 aromatic rings. The number of ether oxygens (including phenoxy) is 1. The average molecular weight is 355 g/mol. The van der Waals surface area contributed by atoms with Crippen LogP contribution in [0, 0.1) is 29.9 Å². The minimum absolute atomic E-state index is 0.0651. The van der Waals surface area contributed by atoms with Crippen LogP contribution in [0.15, 0.2) is 30.3 Å². The van der Waals surface area contributed by atoms with Crippen molar-refractivity contribution >= 4 is 5.69 Å². The van der Waals surface area contributed by atoms with Crippen molar-refractivity contribution < 1.29 is 14.8 Å². The predicted molar refractivity (Wildman–Crippen MR) is 101 cm³/mol. The molecule has 0 spiro atoms. The fourth-order valence-corrected chi connectivity index (χ4v) is 3.80. The summed E-state index contributed by atoms with van der Waals surface area (Å²) in [5.74, 6) is 2.33. The third-order valence-electron chi connectivity index (χ3n) is 5.22. The minimum Gasteiger partial charge on any atom is -0.508 e. The number of aromatic hydroxyl groups is 1. The molecule has 1 saturated carbocycles. The third-order valence-corrected chi connectivity index (χ3v) is 5.22. The molecule has 138 valence electrons. The van der Waals surface area contributed by atoms with Crippen molar-refractivity contribution in [2.24, 2.45) is 5.92 Å². The van der Waals surface area contributed by atoms with E-state index in [1.54, 1.807) is 26.0 Å². The second-order valence-electron chi connectivity index (χ2n) is 7.25. The summed E-state index contributed by atoms with van der Waals surface area (Å²) in [6.07, 6.45) is 7.14. The van der Waals surface area contributed by atoms with Gasteiger partial charge in [0.2, 0.25) is 0 Å². The average Bonchev–Trinajstić information content (AvgIpc) is 3.11. The Hall–Kier alpha value is -2.56. The molecule has 26 heavy (non-hydrogen) atoms. The number of non-ortho nitro benzene ring substituents is 1. The molecule has 3 rings (SSSR count). The van der Waals surface area contributed by atoms with E-state index in [1.807, 2.05) is 6.07 Å². The Labute approximate surface area is 153 Å². The highest BCUT2D eigenvalue weighted by atomic mass is 16.6. The number of aryl methyl sites for hydroxylation is 3. The Morgan fingerprint density at radius 3 is 2.42 bits per heavy atom. The topological polar surface area (TPSA) is 72.6 Å². The largest absolute Gasteiger partial charge is 0.508 e. The van der Waals surface area contributed by atoms with Gasteiger partial charge in [-0.3, -0.25) is 10.1 Å². The maximum absolute atomic E-state index is 11.0. The molecule has 5 heteroatoms. The van der Waals surface area contributed by atoms with Crippen LogP contribution in [-0.4, -0.2) is 10.0 Å². The zero-order chi connectivity index (χ0) is 18.7. The SMILES string of the molecule is Cc1cc([N+](=O)[O-])cc(C)c1Oc1ccc(O)c(CCC2CCCC2)c1. The highest BCUT2D eigenvalue weighted by molar-refractivity contribution is 5.51. The van der Waals surface area contributed by atoms with E-state index in [0.29, 0.717) is 17.2 Å². The molecule has 5 nitrogen and oxygen atoms in total. The van der Waals surface area contributed by atoms with Gasteiger partial charge in [-0.2, -0.15) is 0 Å². The van der Waals surface area contributed by atoms with Gasteiger partial charge in [0.15, 0.2) is 0 Å². The molecule has 0 radical (unpaired) electrons. The van der Waals surface area contributed by atoms with Crippen molar-refractivity contribution in [3.63, 3.8) is 0 Å². The Morgan fingerprint density at radius 1 is 1.15 bits per heavy atom. The predicted octanol–water partition coefficient (Wildman–Crippen LogP) is 5.83. The number of phenols is 1. The van der Waals surface area contributed by atoms with E-state index < -0.39 is 4.92 Å². The number of hydrogen-bond acceptors (Lipinski definition) is 4. The maximum atomic E-state index is 11.0. The van der Waals surface area contributed by atoms with Gasteiger partial charge in [-0.1, -0.05) is 25.7 Å². The molecule has 0 bridgehead atoms. The van der Waals surface area contributed by atoms with Gasteiger partial charge in [-0.15, -0.1) is 0 Å². The lowest BCUT2D eigenvalue weighted by molar-refractivity contribution is -0.385. The van der Waals surface area contributed by atoms with Crippen molar-refractivity contribution in [1.29, 1.82) is 0 Å². The van der Waals surface area contributed by atoms with E-state index in [-0.39, 0.29) is 5.69 Å². The lowest BCUT2D eigenvalue weighted by Gasteiger charge is -2.14. The van der Waals surface area contributed by atoms with Gasteiger partial charge in [0.1, 0.15) is 17.2 Å². The first-order valence-electron chi connectivity index (χ1n) is 9.19. The van der Waals surface area contributed by atoms with Crippen molar-refractivity contribution in [2.45, 2.75) is 52.4 Å². The van der Waals surface area contributed by atoms with Gasteiger partial charge < -0.3 is 9.84 Å². The highest BCUT2D eigenvalue weighted by Gasteiger charge is 2.17. The summed E-state index contributed by atoms with van der Waals surface area (Å²) in [4.78, 5) is 10.6. The first-order valence-corrected chi connectivity index (χ1v) is 9.19. The van der Waals surface area contributed by atoms with E-state index in [9.17, 15) is 15.2 Å². The molecule has 0 heterocycles. The van der Waals surface area contributed by atoms with Crippen molar-refractivity contribution in [3.8, 4) is 17.2 Å². The number of nitro groups is 1. The van der Waals surface area contributed by atoms with Crippen LogP contribution >= 0.6 is 0 Å². The van der Waals surface area contributed by atoms with Gasteiger partial charge in [0.25, 0.3) is 5.69 Å². The fourth-order valence-electron chi connectivity index (χ4n) is 3.80. The monoisotopic (exact) mass is 355 g/mol. The molecule has 2 aromatic carbocycles. The normalized spacial score (nSPS) is 14.5. The van der Waals surface area contributed by atoms with E-state index in [2.05, 4.69) is 0 Å². The second-order valence-corrected chi connectivity index (χ2v) is 7.25. The number of rotatable bonds is 6. The number of hydrogen-bond donors (Lipinski definition) is 1. The smallest absolute Gasteiger partial charge is 0.270 e. The summed E-state index contributed by atoms with van der Waals surface area (Å²) in [6.45, 7) is 3.60. The lowest BCUT2D eigenvalue weighted by Crippen LogP contribution is -1.98. The summed E-state index contributed by atoms with van der Waals surface area (Å²) < 4.78 is 6.01. The molecule has 0 aromatic heterocycles. The summed E-state index contributed by atoms with van der Waals surface area (Å²) in [6, 6.07) is 8.31. The van der Waals surface area contributed by atoms with Gasteiger partial charge >= 0.3 is 0 Å². The minimum atomic E-state index is -0.397. The van der Waals surface area contributed by atoms with Crippen molar-refractivity contribution in [2.75, 3.05) is 0 Å². The highest BCUT2D eigenvalue weighted by Crippen LogP contribution is 2.35. The number of nitro benzene ring substituents is 1. The number of nitrogens with zero attached hydrogens (tertiary/aromatic N) is 1. The molecule has 1 fully saturated rings. The third kappa shape index (κ3) is 4.15. The molecule has 1 aliphatic rings. The molecule has 0 aliphatic heterocycles. The zero-order valence-corrected chi connectivity index (χ0v) is 15.3. The Morgan fingerprint density at radius 2 is 1.81 bits per heavy atom. The molecular formula is C21H25NO4. The molecule has 0 atom stereocenters. The Bertz CT molecular complexity index is 787. The van der Waals surface area contributed by atoms with Crippen LogP contribution in [0.4, 0.5) is 5.69 Å². The fraction of sp³-hybridized carbons (Fsp3) is 0.429. The van der Waals surface area contributed by atoms with Crippen LogP contribution in [0.3, 0.4) is 0 Å². The summed E-state index contributed by atoms with van der Waals surface area (Å²) >= 11 is 0. The van der Waals surface area contributed by atoms with Crippen molar-refractivity contribution in [3.05, 3.63) is 57.1 Å². The molecule has 0 unspecified atom stereocenters. The summed E-state index contributed by atoms with van der Waals surface area (Å²) in [7, 11) is 0. The van der Waals surface area contributed by atoms with Crippen LogP contribution < -0.4 is 4.74 Å². The van der Waals surface area contributed by atoms with Crippen LogP contribution in [0.1, 0.15) is 48.8 Å². The second kappa shape index (κ2) is 7.77. The van der Waals surface area contributed by atoms with Gasteiger partial charge in [-0.25, -0.2) is 0 Å². The Balaban J connectivity index is 1.77. The van der Waals surface area contributed by atoms with Crippen LogP contribution in [-0.2, 0) is 6.42 Å². The standard InChI is InChI=1S/C21H25NO4/c1-14-11-18(22(24)25)12-15(2)21(14)26-19-9-10-20(23)17(13-19)8-7-16-5-3-4-6-16/h9-13,16,23H,3-8H2,1-2H3. The van der Waals surface area contributed by atoms with Gasteiger partial charge in [-0.05, 0) is 67.5 Å². The summed E-state index contributed by atoms with van der Waals surface area (Å²) in [5.41, 5.74) is 2.40. The van der Waals surface area contributed by atoms with E-state index >= 15 is 0 Å². The van der Waals surface area contributed by atoms with Crippen molar-refractivity contribution in [1.82, 2.24) is 0 Å². The Kier molecular flexibility index (Phi) is 5.45. The number of phenolic OH excluding ortho intramolecular Hbond substituents is 1. The first kappa shape index (κ1) is 18.2. The molecule has 0 amide bonds. The summed E-state index contributed by atoms with van der Waals surface area (Å²) in [5, 5.41) is 21.1. The zero-order valence-electron chi connectivity index (χ0n) is 15.3. The molecule has 1 N–H and O–H groups in total. The maximum Gasteiger partial charge on any atom is 0.270 e. The quantitative estimate of drug-likeness (QED) is 0.522. The van der Waals surface area contributed by atoms with Crippen LogP contribution in [0.25, 0.3) is 0 Å². The molecule has 0 saturated heterocycles. The number of benzene rings is 2. The van der Waals surface area contributed by atoms with Gasteiger partial charge in [0, 0.05) is 12.1 Å². The van der Waals surface area contributed by atoms with E-state index in [0.717, 1.165) is 35.4 Å². The van der Waals surface area contributed by atoms with E-state index in [1.165, 1.54) is 37.8 Å². The molecular weight excluding hydrogens is 330 g/mol. The van der Waals surface area contributed by atoms with Crippen LogP contribution in [0.2, 0.25) is 0 Å².